The number of aromatic amines is 1. The molecule has 0 atom stereocenters. The van der Waals surface area contributed by atoms with E-state index in [0.717, 1.165) is 7.11 Å². The molecule has 0 fully saturated rings. The predicted molar refractivity (Wildman–Crippen MR) is 60.8 cm³/mol. The van der Waals surface area contributed by atoms with Crippen LogP contribution >= 0.6 is 0 Å². The van der Waals surface area contributed by atoms with Crippen molar-refractivity contribution in [3.8, 4) is 5.75 Å². The van der Waals surface area contributed by atoms with Gasteiger partial charge >= 0.3 is 0 Å². The van der Waals surface area contributed by atoms with Gasteiger partial charge in [0.05, 0.1) is 12.6 Å². The standard InChI is InChI=1S/C10H8F3NO.C2H6/c1-4-3-5-6(11)10(15-2)8(13)7(12)9(5)14-4;1-2/h3,14H,1-2H3;1-2H3. The van der Waals surface area contributed by atoms with Crippen LogP contribution in [0.1, 0.15) is 19.5 Å². The Hall–Kier alpha value is -1.65. The fourth-order valence-electron chi connectivity index (χ4n) is 1.54. The van der Waals surface area contributed by atoms with Gasteiger partial charge < -0.3 is 9.72 Å². The van der Waals surface area contributed by atoms with Gasteiger partial charge in [0.25, 0.3) is 0 Å². The molecular weight excluding hydrogens is 231 g/mol. The zero-order chi connectivity index (χ0) is 13.2. The van der Waals surface area contributed by atoms with Crippen molar-refractivity contribution in [2.45, 2.75) is 20.8 Å². The molecular formula is C12H14F3NO. The summed E-state index contributed by atoms with van der Waals surface area (Å²) in [7, 11) is 1.09. The highest BCUT2D eigenvalue weighted by Gasteiger charge is 2.21. The van der Waals surface area contributed by atoms with Crippen molar-refractivity contribution >= 4 is 10.9 Å². The number of methoxy groups -OCH3 is 1. The SMILES string of the molecule is CC.COc1c(F)c(F)c2[nH]c(C)cc2c1F. The number of benzene rings is 1. The second-order valence-corrected chi connectivity index (χ2v) is 3.22. The fraction of sp³-hybridized carbons (Fsp3) is 0.333. The number of hydrogen-bond donors (Lipinski definition) is 1. The zero-order valence-electron chi connectivity index (χ0n) is 10.1. The largest absolute Gasteiger partial charge is 0.491 e. The zero-order valence-corrected chi connectivity index (χ0v) is 10.1. The molecule has 0 bridgehead atoms. The number of hydrogen-bond acceptors (Lipinski definition) is 1. The van der Waals surface area contributed by atoms with Gasteiger partial charge in [0.15, 0.2) is 17.4 Å². The summed E-state index contributed by atoms with van der Waals surface area (Å²) in [5.41, 5.74) is 0.374. The Labute approximate surface area is 97.4 Å². The molecule has 5 heteroatoms. The van der Waals surface area contributed by atoms with Crippen LogP contribution in [0.3, 0.4) is 0 Å². The highest BCUT2D eigenvalue weighted by atomic mass is 19.2. The lowest BCUT2D eigenvalue weighted by molar-refractivity contribution is 0.351. The monoisotopic (exact) mass is 245 g/mol. The van der Waals surface area contributed by atoms with E-state index in [1.165, 1.54) is 6.07 Å². The Morgan fingerprint density at radius 3 is 2.18 bits per heavy atom. The molecule has 0 unspecified atom stereocenters. The van der Waals surface area contributed by atoms with E-state index in [1.807, 2.05) is 13.8 Å². The topological polar surface area (TPSA) is 25.0 Å². The molecule has 0 spiro atoms. The minimum Gasteiger partial charge on any atom is -0.491 e. The number of rotatable bonds is 1. The van der Waals surface area contributed by atoms with E-state index >= 15 is 0 Å². The Bertz CT molecular complexity index is 534. The van der Waals surface area contributed by atoms with E-state index < -0.39 is 23.2 Å². The van der Waals surface area contributed by atoms with E-state index in [4.69, 9.17) is 0 Å². The summed E-state index contributed by atoms with van der Waals surface area (Å²) >= 11 is 0. The number of fused-ring (bicyclic) bond motifs is 1. The van der Waals surface area contributed by atoms with Crippen LogP contribution in [0.2, 0.25) is 0 Å². The van der Waals surface area contributed by atoms with Gasteiger partial charge in [-0.1, -0.05) is 13.8 Å². The van der Waals surface area contributed by atoms with Crippen LogP contribution in [0.5, 0.6) is 5.75 Å². The van der Waals surface area contributed by atoms with Gasteiger partial charge in [-0.3, -0.25) is 0 Å². The number of halogens is 3. The molecule has 2 rings (SSSR count). The Balaban J connectivity index is 0.000000686. The number of H-pyrrole nitrogens is 1. The summed E-state index contributed by atoms with van der Waals surface area (Å²) in [6.45, 7) is 5.63. The lowest BCUT2D eigenvalue weighted by atomic mass is 10.2. The molecule has 0 radical (unpaired) electrons. The highest BCUT2D eigenvalue weighted by Crippen LogP contribution is 2.32. The molecule has 2 aromatic rings. The third-order valence-corrected chi connectivity index (χ3v) is 2.20. The van der Waals surface area contributed by atoms with Gasteiger partial charge in [-0.25, -0.2) is 8.78 Å². The third-order valence-electron chi connectivity index (χ3n) is 2.20. The summed E-state index contributed by atoms with van der Waals surface area (Å²) in [6.07, 6.45) is 0. The van der Waals surface area contributed by atoms with Gasteiger partial charge in [0.1, 0.15) is 0 Å². The Morgan fingerprint density at radius 2 is 1.65 bits per heavy atom. The molecule has 1 N–H and O–H groups in total. The normalized spacial score (nSPS) is 10.1. The maximum absolute atomic E-state index is 13.6. The number of aromatic nitrogens is 1. The van der Waals surface area contributed by atoms with Crippen LogP contribution in [-0.4, -0.2) is 12.1 Å². The molecule has 2 nitrogen and oxygen atoms in total. The second kappa shape index (κ2) is 5.12. The van der Waals surface area contributed by atoms with E-state index in [2.05, 4.69) is 9.72 Å². The minimum absolute atomic E-state index is 0.0109. The first-order chi connectivity index (χ1) is 8.06. The van der Waals surface area contributed by atoms with E-state index in [1.54, 1.807) is 6.92 Å². The van der Waals surface area contributed by atoms with Crippen LogP contribution in [0, 0.1) is 24.4 Å². The summed E-state index contributed by atoms with van der Waals surface area (Å²) in [4.78, 5) is 2.55. The Kier molecular flexibility index (Phi) is 4.04. The van der Waals surface area contributed by atoms with Gasteiger partial charge in [-0.15, -0.1) is 0 Å². The molecule has 0 aliphatic rings. The van der Waals surface area contributed by atoms with Crippen molar-refractivity contribution in [3.63, 3.8) is 0 Å². The molecule has 17 heavy (non-hydrogen) atoms. The summed E-state index contributed by atoms with van der Waals surface area (Å²) in [6, 6.07) is 1.40. The molecule has 0 saturated heterocycles. The van der Waals surface area contributed by atoms with Crippen LogP contribution < -0.4 is 4.74 Å². The molecule has 0 aliphatic carbocycles. The van der Waals surface area contributed by atoms with Crippen molar-refractivity contribution in [1.29, 1.82) is 0 Å². The average molecular weight is 245 g/mol. The second-order valence-electron chi connectivity index (χ2n) is 3.22. The smallest absolute Gasteiger partial charge is 0.205 e. The van der Waals surface area contributed by atoms with Gasteiger partial charge in [-0.2, -0.15) is 4.39 Å². The molecule has 0 saturated carbocycles. The fourth-order valence-corrected chi connectivity index (χ4v) is 1.54. The first-order valence-electron chi connectivity index (χ1n) is 5.26. The lowest BCUT2D eigenvalue weighted by Gasteiger charge is -2.05. The number of nitrogens with one attached hydrogen (secondary N) is 1. The van der Waals surface area contributed by atoms with E-state index in [0.29, 0.717) is 5.69 Å². The van der Waals surface area contributed by atoms with Crippen molar-refractivity contribution < 1.29 is 17.9 Å². The van der Waals surface area contributed by atoms with Crippen LogP contribution in [0.25, 0.3) is 10.9 Å². The molecule has 0 amide bonds. The van der Waals surface area contributed by atoms with Crippen molar-refractivity contribution in [1.82, 2.24) is 4.98 Å². The van der Waals surface area contributed by atoms with Crippen LogP contribution in [0.15, 0.2) is 6.07 Å². The predicted octanol–water partition coefficient (Wildman–Crippen LogP) is 3.93. The van der Waals surface area contributed by atoms with E-state index in [-0.39, 0.29) is 10.9 Å². The highest BCUT2D eigenvalue weighted by molar-refractivity contribution is 5.83. The first kappa shape index (κ1) is 13.4. The average Bonchev–Trinajstić information content (AvgIpc) is 2.72. The van der Waals surface area contributed by atoms with Gasteiger partial charge in [0, 0.05) is 11.1 Å². The molecule has 94 valence electrons. The van der Waals surface area contributed by atoms with Gasteiger partial charge in [-0.05, 0) is 13.0 Å². The lowest BCUT2D eigenvalue weighted by Crippen LogP contribution is -1.97. The quantitative estimate of drug-likeness (QED) is 0.756. The van der Waals surface area contributed by atoms with Crippen molar-refractivity contribution in [3.05, 3.63) is 29.2 Å². The van der Waals surface area contributed by atoms with E-state index in [9.17, 15) is 13.2 Å². The molecule has 1 aromatic carbocycles. The summed E-state index contributed by atoms with van der Waals surface area (Å²) in [5.74, 6) is -4.03. The third kappa shape index (κ3) is 2.09. The Morgan fingerprint density at radius 1 is 1.06 bits per heavy atom. The summed E-state index contributed by atoms with van der Waals surface area (Å²) < 4.78 is 44.7. The number of aryl methyl sites for hydroxylation is 1. The van der Waals surface area contributed by atoms with Crippen molar-refractivity contribution in [2.75, 3.05) is 7.11 Å². The van der Waals surface area contributed by atoms with Crippen LogP contribution in [0.4, 0.5) is 13.2 Å². The maximum atomic E-state index is 13.6. The maximum Gasteiger partial charge on any atom is 0.205 e. The molecule has 1 heterocycles. The molecule has 1 aromatic heterocycles. The minimum atomic E-state index is -1.32. The molecule has 0 aliphatic heterocycles. The van der Waals surface area contributed by atoms with Crippen molar-refractivity contribution in [2.24, 2.45) is 0 Å². The van der Waals surface area contributed by atoms with Crippen LogP contribution in [-0.2, 0) is 0 Å². The number of ether oxygens (including phenoxy) is 1. The first-order valence-corrected chi connectivity index (χ1v) is 5.26. The van der Waals surface area contributed by atoms with Gasteiger partial charge in [0.2, 0.25) is 5.82 Å². The summed E-state index contributed by atoms with van der Waals surface area (Å²) in [5, 5.41) is -0.0109.